The van der Waals surface area contributed by atoms with Crippen molar-refractivity contribution < 1.29 is 13.2 Å². The molecule has 0 saturated carbocycles. The Morgan fingerprint density at radius 3 is 2.59 bits per heavy atom. The van der Waals surface area contributed by atoms with Crippen LogP contribution in [0.4, 0.5) is 17.1 Å². The smallest absolute Gasteiger partial charge is 0.229 e. The zero-order valence-electron chi connectivity index (χ0n) is 17.9. The predicted octanol–water partition coefficient (Wildman–Crippen LogP) is 5.30. The van der Waals surface area contributed by atoms with E-state index in [0.29, 0.717) is 17.1 Å². The minimum absolute atomic E-state index is 0.431. The molecule has 0 aliphatic carbocycles. The Labute approximate surface area is 185 Å². The number of sulfonamides is 1. The van der Waals surface area contributed by atoms with Gasteiger partial charge in [-0.05, 0) is 36.8 Å². The van der Waals surface area contributed by atoms with E-state index in [9.17, 15) is 8.42 Å². The van der Waals surface area contributed by atoms with E-state index >= 15 is 0 Å². The number of hydrogen-bond donors (Lipinski definition) is 3. The first-order valence-electron chi connectivity index (χ1n) is 10.1. The maximum atomic E-state index is 11.6. The number of nitrogens with zero attached hydrogens (tertiary/aromatic N) is 1. The molecule has 2 heterocycles. The van der Waals surface area contributed by atoms with Crippen molar-refractivity contribution in [2.45, 2.75) is 6.92 Å². The minimum atomic E-state index is -3.39. The van der Waals surface area contributed by atoms with Crippen LogP contribution in [-0.2, 0) is 10.0 Å². The van der Waals surface area contributed by atoms with Gasteiger partial charge in [0, 0.05) is 22.4 Å². The van der Waals surface area contributed by atoms with Crippen LogP contribution >= 0.6 is 0 Å². The number of ether oxygens (including phenoxy) is 1. The molecule has 5 rings (SSSR count). The normalized spacial score (nSPS) is 11.8. The van der Waals surface area contributed by atoms with Gasteiger partial charge in [-0.15, -0.1) is 0 Å². The fourth-order valence-electron chi connectivity index (χ4n) is 3.96. The van der Waals surface area contributed by atoms with Gasteiger partial charge >= 0.3 is 0 Å². The number of nitrogens with one attached hydrogen (secondary N) is 3. The van der Waals surface area contributed by atoms with Crippen molar-refractivity contribution in [2.24, 2.45) is 0 Å². The van der Waals surface area contributed by atoms with Gasteiger partial charge in [-0.1, -0.05) is 30.3 Å². The van der Waals surface area contributed by atoms with Crippen molar-refractivity contribution in [3.8, 4) is 5.75 Å². The van der Waals surface area contributed by atoms with E-state index in [1.165, 1.54) is 0 Å². The lowest BCUT2D eigenvalue weighted by Crippen LogP contribution is -2.09. The number of pyridine rings is 1. The van der Waals surface area contributed by atoms with Crippen molar-refractivity contribution in [2.75, 3.05) is 23.4 Å². The molecule has 0 aliphatic rings. The van der Waals surface area contributed by atoms with Gasteiger partial charge in [0.2, 0.25) is 10.0 Å². The number of H-pyrrole nitrogens is 1. The lowest BCUT2D eigenvalue weighted by atomic mass is 10.1. The number of benzene rings is 3. The van der Waals surface area contributed by atoms with Crippen LogP contribution in [0.25, 0.3) is 32.8 Å². The van der Waals surface area contributed by atoms with Gasteiger partial charge in [0.1, 0.15) is 5.75 Å². The fraction of sp³-hybridized carbons (Fsp3) is 0.125. The summed E-state index contributed by atoms with van der Waals surface area (Å²) in [7, 11) is -1.84. The number of aromatic nitrogens is 2. The molecule has 0 aliphatic heterocycles. The fourth-order valence-corrected chi connectivity index (χ4v) is 4.52. The molecule has 0 saturated heterocycles. The highest BCUT2D eigenvalue weighted by Crippen LogP contribution is 2.39. The molecule has 0 spiro atoms. The average molecular weight is 447 g/mol. The minimum Gasteiger partial charge on any atom is -0.494 e. The molecule has 0 fully saturated rings. The number of aromatic amines is 1. The maximum Gasteiger partial charge on any atom is 0.229 e. The highest BCUT2D eigenvalue weighted by atomic mass is 32.2. The summed E-state index contributed by atoms with van der Waals surface area (Å²) >= 11 is 0. The van der Waals surface area contributed by atoms with Gasteiger partial charge in [-0.3, -0.25) is 4.72 Å². The molecular formula is C24H22N4O3S. The van der Waals surface area contributed by atoms with Gasteiger partial charge in [0.05, 0.1) is 47.0 Å². The summed E-state index contributed by atoms with van der Waals surface area (Å²) in [6, 6.07) is 19.4. The maximum absolute atomic E-state index is 11.6. The van der Waals surface area contributed by atoms with E-state index in [1.807, 2.05) is 25.1 Å². The number of aryl methyl sites for hydroxylation is 1. The third kappa shape index (κ3) is 3.58. The second-order valence-corrected chi connectivity index (χ2v) is 9.56. The molecule has 7 nitrogen and oxygen atoms in total. The highest BCUT2D eigenvalue weighted by molar-refractivity contribution is 7.92. The Morgan fingerprint density at radius 1 is 1.00 bits per heavy atom. The largest absolute Gasteiger partial charge is 0.494 e. The van der Waals surface area contributed by atoms with E-state index in [4.69, 9.17) is 9.72 Å². The summed E-state index contributed by atoms with van der Waals surface area (Å²) < 4.78 is 31.2. The SMILES string of the molecule is COc1cc(NS(C)(=O)=O)ccc1Nc1c2ccc(C)cc2nc2c1[nH]c1ccccc12. The van der Waals surface area contributed by atoms with E-state index in [0.717, 1.165) is 50.3 Å². The Morgan fingerprint density at radius 2 is 1.81 bits per heavy atom. The average Bonchev–Trinajstić information content (AvgIpc) is 3.11. The second kappa shape index (κ2) is 7.42. The monoisotopic (exact) mass is 446 g/mol. The third-order valence-corrected chi connectivity index (χ3v) is 5.95. The van der Waals surface area contributed by atoms with E-state index in [1.54, 1.807) is 25.3 Å². The first kappa shape index (κ1) is 20.1. The molecule has 5 aromatic rings. The molecule has 8 heteroatoms. The molecule has 32 heavy (non-hydrogen) atoms. The number of hydrogen-bond acceptors (Lipinski definition) is 5. The molecule has 0 amide bonds. The Hall–Kier alpha value is -3.78. The standard InChI is InChI=1S/C24H22N4O3S/c1-14-8-10-17-20(12-14)27-22-16-6-4-5-7-18(16)25-24(22)23(17)26-19-11-9-15(13-21(19)31-2)28-32(3,29)30/h4-13,25,28H,1-3H3,(H,26,27). The van der Waals surface area contributed by atoms with Gasteiger partial charge in [-0.25, -0.2) is 13.4 Å². The van der Waals surface area contributed by atoms with Gasteiger partial charge in [0.15, 0.2) is 0 Å². The van der Waals surface area contributed by atoms with Crippen LogP contribution in [0.2, 0.25) is 0 Å². The van der Waals surface area contributed by atoms with Gasteiger partial charge in [0.25, 0.3) is 0 Å². The van der Waals surface area contributed by atoms with E-state index in [-0.39, 0.29) is 0 Å². The number of anilines is 3. The van der Waals surface area contributed by atoms with Crippen LogP contribution < -0.4 is 14.8 Å². The van der Waals surface area contributed by atoms with Crippen LogP contribution in [0.1, 0.15) is 5.56 Å². The number of fused-ring (bicyclic) bond motifs is 4. The van der Waals surface area contributed by atoms with Crippen molar-refractivity contribution in [3.63, 3.8) is 0 Å². The zero-order valence-corrected chi connectivity index (χ0v) is 18.7. The predicted molar refractivity (Wildman–Crippen MR) is 131 cm³/mol. The van der Waals surface area contributed by atoms with Crippen LogP contribution in [0.3, 0.4) is 0 Å². The van der Waals surface area contributed by atoms with Gasteiger partial charge in [-0.2, -0.15) is 0 Å². The third-order valence-electron chi connectivity index (χ3n) is 5.35. The van der Waals surface area contributed by atoms with E-state index in [2.05, 4.69) is 39.3 Å². The van der Waals surface area contributed by atoms with Crippen LogP contribution in [0.15, 0.2) is 60.7 Å². The van der Waals surface area contributed by atoms with Gasteiger partial charge < -0.3 is 15.0 Å². The summed E-state index contributed by atoms with van der Waals surface area (Å²) in [6.07, 6.45) is 1.11. The molecule has 0 radical (unpaired) electrons. The molecule has 162 valence electrons. The first-order valence-corrected chi connectivity index (χ1v) is 12.0. The lowest BCUT2D eigenvalue weighted by molar-refractivity contribution is 0.417. The van der Waals surface area contributed by atoms with Crippen molar-refractivity contribution in [1.29, 1.82) is 0 Å². The Balaban J connectivity index is 1.72. The number of methoxy groups -OCH3 is 1. The summed E-state index contributed by atoms with van der Waals surface area (Å²) in [5.74, 6) is 0.514. The van der Waals surface area contributed by atoms with Crippen LogP contribution in [0, 0.1) is 6.92 Å². The molecule has 2 aromatic heterocycles. The lowest BCUT2D eigenvalue weighted by Gasteiger charge is -2.16. The topological polar surface area (TPSA) is 96.1 Å². The Kier molecular flexibility index (Phi) is 4.67. The molecular weight excluding hydrogens is 424 g/mol. The second-order valence-electron chi connectivity index (χ2n) is 7.82. The van der Waals surface area contributed by atoms with Crippen molar-refractivity contribution >= 4 is 59.9 Å². The van der Waals surface area contributed by atoms with Crippen LogP contribution in [0.5, 0.6) is 5.75 Å². The molecule has 0 bridgehead atoms. The first-order chi connectivity index (χ1) is 15.3. The summed E-state index contributed by atoms with van der Waals surface area (Å²) in [5.41, 5.74) is 6.81. The molecule has 3 aromatic carbocycles. The van der Waals surface area contributed by atoms with Crippen LogP contribution in [-0.4, -0.2) is 31.8 Å². The van der Waals surface area contributed by atoms with Crippen molar-refractivity contribution in [1.82, 2.24) is 9.97 Å². The quantitative estimate of drug-likeness (QED) is 0.340. The molecule has 0 atom stereocenters. The number of rotatable bonds is 5. The molecule has 3 N–H and O–H groups in total. The molecule has 0 unspecified atom stereocenters. The summed E-state index contributed by atoms with van der Waals surface area (Å²) in [4.78, 5) is 8.44. The zero-order chi connectivity index (χ0) is 22.5. The summed E-state index contributed by atoms with van der Waals surface area (Å²) in [5, 5.41) is 5.52. The highest BCUT2D eigenvalue weighted by Gasteiger charge is 2.16. The van der Waals surface area contributed by atoms with Crippen molar-refractivity contribution in [3.05, 3.63) is 66.2 Å². The number of para-hydroxylation sites is 1. The van der Waals surface area contributed by atoms with E-state index < -0.39 is 10.0 Å². The Bertz CT molecular complexity index is 1610. The summed E-state index contributed by atoms with van der Waals surface area (Å²) in [6.45, 7) is 2.05.